The molecule has 3 aromatic rings. The van der Waals surface area contributed by atoms with Crippen molar-refractivity contribution in [3.63, 3.8) is 0 Å². The first-order valence-electron chi connectivity index (χ1n) is 12.3. The molecule has 8 heteroatoms. The van der Waals surface area contributed by atoms with Gasteiger partial charge in [-0.05, 0) is 77.3 Å². The standard InChI is InChI=1S/C28H36FN5OS/c1-19-9-6-12-25(31-19)33-24-17-20(13-14-21(24)18-30)22-10-7-11-23(32-22)26(28(29)15-8-16-28)34-36(5,35)27(2,3)4/h6-7,9-14,17-18,26,30,36H,8,15-16H2,1-5H3,(H,31,33)(H,34,35). The van der Waals surface area contributed by atoms with Gasteiger partial charge in [-0.25, -0.2) is 14.1 Å². The van der Waals surface area contributed by atoms with Crippen LogP contribution in [0.5, 0.6) is 0 Å². The van der Waals surface area contributed by atoms with Crippen LogP contribution < -0.4 is 10.0 Å². The van der Waals surface area contributed by atoms with Gasteiger partial charge in [0.05, 0.1) is 17.4 Å². The Kier molecular flexibility index (Phi) is 7.12. The largest absolute Gasteiger partial charge is 0.340 e. The minimum Gasteiger partial charge on any atom is -0.340 e. The topological polar surface area (TPSA) is 90.8 Å². The molecule has 1 aliphatic carbocycles. The van der Waals surface area contributed by atoms with Gasteiger partial charge >= 0.3 is 0 Å². The number of halogens is 1. The van der Waals surface area contributed by atoms with Gasteiger partial charge in [0, 0.05) is 39.7 Å². The van der Waals surface area contributed by atoms with Gasteiger partial charge in [-0.2, -0.15) is 0 Å². The number of hydrogen-bond donors (Lipinski definition) is 4. The third kappa shape index (κ3) is 5.39. The highest BCUT2D eigenvalue weighted by Crippen LogP contribution is 2.46. The lowest BCUT2D eigenvalue weighted by atomic mass is 9.75. The van der Waals surface area contributed by atoms with E-state index in [-0.39, 0.29) is 0 Å². The number of aromatic nitrogens is 2. The first-order chi connectivity index (χ1) is 16.9. The Labute approximate surface area is 214 Å². The summed E-state index contributed by atoms with van der Waals surface area (Å²) >= 11 is 0. The monoisotopic (exact) mass is 509 g/mol. The summed E-state index contributed by atoms with van der Waals surface area (Å²) in [6.45, 7) is 7.66. The fourth-order valence-electron chi connectivity index (χ4n) is 4.16. The first-order valence-corrected chi connectivity index (χ1v) is 14.4. The van der Waals surface area contributed by atoms with E-state index >= 15 is 4.39 Å². The molecule has 1 saturated carbocycles. The Bertz CT molecular complexity index is 1320. The number of thiol groups is 1. The molecular formula is C28H36FN5OS. The summed E-state index contributed by atoms with van der Waals surface area (Å²) in [5.41, 5.74) is 2.92. The van der Waals surface area contributed by atoms with Crippen molar-refractivity contribution < 1.29 is 8.60 Å². The van der Waals surface area contributed by atoms with Crippen LogP contribution in [-0.2, 0) is 10.1 Å². The zero-order chi connectivity index (χ0) is 26.1. The van der Waals surface area contributed by atoms with Gasteiger partial charge in [0.2, 0.25) is 0 Å². The van der Waals surface area contributed by atoms with Crippen molar-refractivity contribution >= 4 is 27.8 Å². The highest BCUT2D eigenvalue weighted by atomic mass is 32.3. The second-order valence-corrected chi connectivity index (χ2v) is 14.2. The van der Waals surface area contributed by atoms with Gasteiger partial charge in [-0.15, -0.1) is 0 Å². The Morgan fingerprint density at radius 3 is 2.44 bits per heavy atom. The maximum Gasteiger partial charge on any atom is 0.132 e. The maximum absolute atomic E-state index is 15.9. The second-order valence-electron chi connectivity index (χ2n) is 10.7. The number of hydrogen-bond acceptors (Lipinski definition) is 5. The van der Waals surface area contributed by atoms with Crippen LogP contribution in [0.25, 0.3) is 11.3 Å². The molecule has 4 rings (SSSR count). The van der Waals surface area contributed by atoms with E-state index in [2.05, 4.69) is 15.0 Å². The fourth-order valence-corrected chi connectivity index (χ4v) is 5.41. The van der Waals surface area contributed by atoms with E-state index in [9.17, 15) is 4.21 Å². The second kappa shape index (κ2) is 9.82. The molecule has 0 spiro atoms. The Hall–Kier alpha value is -2.97. The predicted octanol–water partition coefficient (Wildman–Crippen LogP) is 6.08. The molecule has 1 fully saturated rings. The van der Waals surface area contributed by atoms with Gasteiger partial charge in [0.15, 0.2) is 0 Å². The Balaban J connectivity index is 1.71. The van der Waals surface area contributed by atoms with Crippen LogP contribution in [0.1, 0.15) is 63.0 Å². The van der Waals surface area contributed by atoms with E-state index in [4.69, 9.17) is 10.4 Å². The normalized spacial score (nSPS) is 16.6. The summed E-state index contributed by atoms with van der Waals surface area (Å²) in [5.74, 6) is 0.687. The minimum atomic E-state index is -2.89. The SMILES string of the molecule is Cc1cccc(Nc2cc(-c3cccc(C(N[SH](C)(=O)C(C)(C)C)C4(F)CCC4)n3)ccc2C=N)n1. The average molecular weight is 510 g/mol. The molecule has 1 aliphatic rings. The van der Waals surface area contributed by atoms with Gasteiger partial charge in [-0.1, -0.05) is 34.4 Å². The molecule has 2 heterocycles. The number of pyridine rings is 2. The molecule has 0 saturated heterocycles. The molecule has 36 heavy (non-hydrogen) atoms. The van der Waals surface area contributed by atoms with Crippen LogP contribution in [0.2, 0.25) is 0 Å². The quantitative estimate of drug-likeness (QED) is 0.219. The molecule has 0 amide bonds. The summed E-state index contributed by atoms with van der Waals surface area (Å²) in [6, 6.07) is 16.2. The third-order valence-electron chi connectivity index (χ3n) is 7.08. The van der Waals surface area contributed by atoms with E-state index in [0.717, 1.165) is 23.4 Å². The number of aryl methyl sites for hydroxylation is 1. The lowest BCUT2D eigenvalue weighted by Crippen LogP contribution is -2.54. The molecule has 1 atom stereocenters. The number of nitrogens with one attached hydrogen (secondary N) is 3. The van der Waals surface area contributed by atoms with Crippen LogP contribution >= 0.6 is 0 Å². The molecule has 6 nitrogen and oxygen atoms in total. The van der Waals surface area contributed by atoms with Crippen molar-refractivity contribution in [2.75, 3.05) is 11.6 Å². The molecule has 192 valence electrons. The van der Waals surface area contributed by atoms with E-state index in [1.54, 1.807) is 6.26 Å². The summed E-state index contributed by atoms with van der Waals surface area (Å²) in [6.07, 6.45) is 4.64. The van der Waals surface area contributed by atoms with Crippen molar-refractivity contribution in [1.82, 2.24) is 14.7 Å². The van der Waals surface area contributed by atoms with Crippen LogP contribution in [0.4, 0.5) is 15.9 Å². The van der Waals surface area contributed by atoms with Crippen molar-refractivity contribution in [2.24, 2.45) is 0 Å². The molecule has 1 aromatic carbocycles. The minimum absolute atomic E-state index is 0.423. The van der Waals surface area contributed by atoms with Gasteiger partial charge in [0.25, 0.3) is 0 Å². The highest BCUT2D eigenvalue weighted by Gasteiger charge is 2.48. The number of anilines is 2. The molecule has 0 aliphatic heterocycles. The Morgan fingerprint density at radius 2 is 1.83 bits per heavy atom. The van der Waals surface area contributed by atoms with Crippen molar-refractivity contribution in [2.45, 2.75) is 63.4 Å². The lowest BCUT2D eigenvalue weighted by Gasteiger charge is -2.45. The third-order valence-corrected chi connectivity index (χ3v) is 10.4. The fraction of sp³-hybridized carbons (Fsp3) is 0.393. The van der Waals surface area contributed by atoms with Crippen LogP contribution in [0, 0.1) is 12.3 Å². The van der Waals surface area contributed by atoms with Gasteiger partial charge in [0.1, 0.15) is 11.5 Å². The summed E-state index contributed by atoms with van der Waals surface area (Å²) in [7, 11) is -2.89. The van der Waals surface area contributed by atoms with Crippen LogP contribution in [0.15, 0.2) is 54.6 Å². The molecular weight excluding hydrogens is 473 g/mol. The van der Waals surface area contributed by atoms with Gasteiger partial charge in [-0.3, -0.25) is 9.19 Å². The maximum atomic E-state index is 15.9. The smallest absolute Gasteiger partial charge is 0.132 e. The van der Waals surface area contributed by atoms with Crippen molar-refractivity contribution in [1.29, 1.82) is 5.41 Å². The summed E-state index contributed by atoms with van der Waals surface area (Å²) in [4.78, 5) is 9.35. The molecule has 3 N–H and O–H groups in total. The van der Waals surface area contributed by atoms with Crippen molar-refractivity contribution in [3.8, 4) is 11.3 Å². The highest BCUT2D eigenvalue weighted by molar-refractivity contribution is 8.01. The summed E-state index contributed by atoms with van der Waals surface area (Å²) in [5, 5.41) is 11.1. The van der Waals surface area contributed by atoms with Crippen LogP contribution in [0.3, 0.4) is 0 Å². The molecule has 2 aromatic heterocycles. The molecule has 0 radical (unpaired) electrons. The zero-order valence-corrected chi connectivity index (χ0v) is 22.5. The van der Waals surface area contributed by atoms with Crippen molar-refractivity contribution in [3.05, 3.63) is 71.5 Å². The average Bonchev–Trinajstić information content (AvgIpc) is 2.80. The van der Waals surface area contributed by atoms with E-state index in [1.807, 2.05) is 82.3 Å². The molecule has 1 unspecified atom stereocenters. The molecule has 0 bridgehead atoms. The summed E-state index contributed by atoms with van der Waals surface area (Å²) < 4.78 is 32.1. The van der Waals surface area contributed by atoms with E-state index < -0.39 is 26.6 Å². The number of benzene rings is 1. The zero-order valence-electron chi connectivity index (χ0n) is 21.6. The first kappa shape index (κ1) is 26.1. The van der Waals surface area contributed by atoms with E-state index in [1.165, 1.54) is 6.21 Å². The lowest BCUT2D eigenvalue weighted by molar-refractivity contribution is 0.0265. The van der Waals surface area contributed by atoms with Crippen LogP contribution in [-0.4, -0.2) is 37.1 Å². The predicted molar refractivity (Wildman–Crippen MR) is 149 cm³/mol. The Morgan fingerprint density at radius 1 is 1.11 bits per heavy atom. The number of alkyl halides is 1. The number of nitrogens with zero attached hydrogens (tertiary/aromatic N) is 2. The van der Waals surface area contributed by atoms with Gasteiger partial charge < -0.3 is 10.7 Å². The number of rotatable bonds is 8. The van der Waals surface area contributed by atoms with E-state index in [0.29, 0.717) is 35.6 Å².